The van der Waals surface area contributed by atoms with Crippen LogP contribution in [0.3, 0.4) is 0 Å². The first kappa shape index (κ1) is 18.7. The molecule has 0 saturated heterocycles. The zero-order valence-corrected chi connectivity index (χ0v) is 15.2. The number of aryl methyl sites for hydroxylation is 1. The van der Waals surface area contributed by atoms with Crippen LogP contribution in [0, 0.1) is 0 Å². The third-order valence-electron chi connectivity index (χ3n) is 4.09. The van der Waals surface area contributed by atoms with Crippen LogP contribution in [0.25, 0.3) is 0 Å². The van der Waals surface area contributed by atoms with Gasteiger partial charge in [-0.25, -0.2) is 0 Å². The van der Waals surface area contributed by atoms with Gasteiger partial charge >= 0.3 is 0 Å². The average molecular weight is 336 g/mol. The highest BCUT2D eigenvalue weighted by Crippen LogP contribution is 2.14. The van der Waals surface area contributed by atoms with Crippen LogP contribution in [0.5, 0.6) is 0 Å². The van der Waals surface area contributed by atoms with Gasteiger partial charge in [-0.2, -0.15) is 0 Å². The van der Waals surface area contributed by atoms with E-state index in [2.05, 4.69) is 37.3 Å². The number of nitrogens with zero attached hydrogens (tertiary/aromatic N) is 4. The van der Waals surface area contributed by atoms with Crippen LogP contribution in [-0.2, 0) is 24.1 Å². The number of nitrogens with one attached hydrogen (secondary N) is 2. The molecular weight excluding hydrogens is 304 g/mol. The molecule has 1 aliphatic rings. The summed E-state index contributed by atoms with van der Waals surface area (Å²) in [7, 11) is 0. The first-order valence-corrected chi connectivity index (χ1v) is 9.36. The Morgan fingerprint density at radius 2 is 2.12 bits per heavy atom. The predicted molar refractivity (Wildman–Crippen MR) is 96.4 cm³/mol. The zero-order valence-electron chi connectivity index (χ0n) is 15.2. The van der Waals surface area contributed by atoms with Gasteiger partial charge in [-0.15, -0.1) is 10.2 Å². The molecule has 7 heteroatoms. The van der Waals surface area contributed by atoms with E-state index >= 15 is 0 Å². The maximum Gasteiger partial charge on any atom is 0.191 e. The number of aromatic nitrogens is 3. The number of hydrogen-bond donors (Lipinski definition) is 2. The summed E-state index contributed by atoms with van der Waals surface area (Å²) in [6.07, 6.45) is 6.63. The smallest absolute Gasteiger partial charge is 0.191 e. The summed E-state index contributed by atoms with van der Waals surface area (Å²) < 4.78 is 7.65. The Balaban J connectivity index is 1.78. The van der Waals surface area contributed by atoms with Crippen molar-refractivity contribution >= 4 is 5.96 Å². The molecule has 2 heterocycles. The Morgan fingerprint density at radius 1 is 1.21 bits per heavy atom. The Labute approximate surface area is 145 Å². The largest absolute Gasteiger partial charge is 0.382 e. The molecular formula is C17H32N6O. The molecule has 0 spiro atoms. The molecule has 0 amide bonds. The SMILES string of the molecule is CCNC(=NCCCOCC)NCCc1nnc2n1CCCCC2. The standard InChI is InChI=1S/C17H32N6O/c1-3-18-17(19-11-8-14-24-4-2)20-12-10-16-22-21-15-9-6-5-7-13-23(15)16/h3-14H2,1-2H3,(H2,18,19,20). The second kappa shape index (κ2) is 11.0. The fourth-order valence-electron chi connectivity index (χ4n) is 2.87. The summed E-state index contributed by atoms with van der Waals surface area (Å²) >= 11 is 0. The Kier molecular flexibility index (Phi) is 8.59. The van der Waals surface area contributed by atoms with E-state index in [0.717, 1.165) is 76.3 Å². The van der Waals surface area contributed by atoms with Crippen LogP contribution < -0.4 is 10.6 Å². The topological polar surface area (TPSA) is 76.4 Å². The van der Waals surface area contributed by atoms with Gasteiger partial charge in [-0.1, -0.05) is 6.42 Å². The van der Waals surface area contributed by atoms with Crippen LogP contribution in [-0.4, -0.2) is 53.6 Å². The molecule has 0 aliphatic carbocycles. The van der Waals surface area contributed by atoms with Crippen LogP contribution in [0.2, 0.25) is 0 Å². The van der Waals surface area contributed by atoms with Gasteiger partial charge in [0.2, 0.25) is 0 Å². The first-order chi connectivity index (χ1) is 11.8. The summed E-state index contributed by atoms with van der Waals surface area (Å²) in [5.74, 6) is 3.11. The molecule has 136 valence electrons. The van der Waals surface area contributed by atoms with Gasteiger partial charge in [0, 0.05) is 52.2 Å². The van der Waals surface area contributed by atoms with Crippen molar-refractivity contribution in [1.82, 2.24) is 25.4 Å². The van der Waals surface area contributed by atoms with Gasteiger partial charge in [-0.05, 0) is 33.1 Å². The highest BCUT2D eigenvalue weighted by molar-refractivity contribution is 5.79. The third-order valence-corrected chi connectivity index (χ3v) is 4.09. The lowest BCUT2D eigenvalue weighted by Gasteiger charge is -2.12. The highest BCUT2D eigenvalue weighted by Gasteiger charge is 2.14. The lowest BCUT2D eigenvalue weighted by atomic mass is 10.2. The zero-order chi connectivity index (χ0) is 17.0. The van der Waals surface area contributed by atoms with Crippen molar-refractivity contribution in [2.45, 2.75) is 58.9 Å². The predicted octanol–water partition coefficient (Wildman–Crippen LogP) is 1.53. The molecule has 0 unspecified atom stereocenters. The minimum Gasteiger partial charge on any atom is -0.382 e. The van der Waals surface area contributed by atoms with Gasteiger partial charge in [0.05, 0.1) is 0 Å². The van der Waals surface area contributed by atoms with Gasteiger partial charge in [0.25, 0.3) is 0 Å². The molecule has 0 atom stereocenters. The molecule has 0 saturated carbocycles. The Bertz CT molecular complexity index is 499. The Morgan fingerprint density at radius 3 is 2.96 bits per heavy atom. The van der Waals surface area contributed by atoms with E-state index in [9.17, 15) is 0 Å². The normalized spacial score (nSPS) is 15.0. The second-order valence-corrected chi connectivity index (χ2v) is 5.98. The van der Waals surface area contributed by atoms with Gasteiger partial charge in [-0.3, -0.25) is 4.99 Å². The average Bonchev–Trinajstić information content (AvgIpc) is 2.81. The van der Waals surface area contributed by atoms with Gasteiger partial charge < -0.3 is 19.9 Å². The van der Waals surface area contributed by atoms with Gasteiger partial charge in [0.1, 0.15) is 11.6 Å². The number of ether oxygens (including phenoxy) is 1. The van der Waals surface area contributed by atoms with Crippen molar-refractivity contribution in [2.75, 3.05) is 32.8 Å². The van der Waals surface area contributed by atoms with E-state index in [1.165, 1.54) is 19.3 Å². The van der Waals surface area contributed by atoms with Crippen molar-refractivity contribution in [3.05, 3.63) is 11.6 Å². The summed E-state index contributed by atoms with van der Waals surface area (Å²) in [6, 6.07) is 0. The summed E-state index contributed by atoms with van der Waals surface area (Å²) in [6.45, 7) is 9.14. The molecule has 0 aromatic carbocycles. The molecule has 0 fully saturated rings. The van der Waals surface area contributed by atoms with E-state index in [1.807, 2.05) is 6.92 Å². The highest BCUT2D eigenvalue weighted by atomic mass is 16.5. The summed E-state index contributed by atoms with van der Waals surface area (Å²) in [4.78, 5) is 4.58. The minimum absolute atomic E-state index is 0.769. The fourth-order valence-corrected chi connectivity index (χ4v) is 2.87. The lowest BCUT2D eigenvalue weighted by Crippen LogP contribution is -2.38. The van der Waals surface area contributed by atoms with Crippen molar-refractivity contribution in [2.24, 2.45) is 4.99 Å². The molecule has 2 N–H and O–H groups in total. The van der Waals surface area contributed by atoms with Crippen molar-refractivity contribution in [3.8, 4) is 0 Å². The lowest BCUT2D eigenvalue weighted by molar-refractivity contribution is 0.146. The molecule has 24 heavy (non-hydrogen) atoms. The molecule has 1 aliphatic heterocycles. The summed E-state index contributed by atoms with van der Waals surface area (Å²) in [5.41, 5.74) is 0. The van der Waals surface area contributed by atoms with Crippen molar-refractivity contribution in [3.63, 3.8) is 0 Å². The van der Waals surface area contributed by atoms with E-state index in [4.69, 9.17) is 4.74 Å². The number of aliphatic imine (C=N–C) groups is 1. The monoisotopic (exact) mass is 336 g/mol. The maximum atomic E-state index is 5.34. The van der Waals surface area contributed by atoms with Crippen molar-refractivity contribution in [1.29, 1.82) is 0 Å². The molecule has 2 rings (SSSR count). The number of guanidine groups is 1. The summed E-state index contributed by atoms with van der Waals surface area (Å²) in [5, 5.41) is 15.4. The second-order valence-electron chi connectivity index (χ2n) is 5.98. The fraction of sp³-hybridized carbons (Fsp3) is 0.824. The number of hydrogen-bond acceptors (Lipinski definition) is 4. The van der Waals surface area contributed by atoms with E-state index < -0.39 is 0 Å². The molecule has 1 aromatic rings. The molecule has 1 aromatic heterocycles. The Hall–Kier alpha value is -1.63. The number of rotatable bonds is 9. The van der Waals surface area contributed by atoms with Crippen molar-refractivity contribution < 1.29 is 4.74 Å². The number of fused-ring (bicyclic) bond motifs is 1. The van der Waals surface area contributed by atoms with E-state index in [-0.39, 0.29) is 0 Å². The van der Waals surface area contributed by atoms with Crippen LogP contribution in [0.4, 0.5) is 0 Å². The molecule has 0 radical (unpaired) electrons. The quantitative estimate of drug-likeness (QED) is 0.406. The van der Waals surface area contributed by atoms with Crippen LogP contribution in [0.1, 0.15) is 51.2 Å². The van der Waals surface area contributed by atoms with Crippen LogP contribution >= 0.6 is 0 Å². The molecule has 7 nitrogen and oxygen atoms in total. The minimum atomic E-state index is 0.769. The maximum absolute atomic E-state index is 5.34. The van der Waals surface area contributed by atoms with Gasteiger partial charge in [0.15, 0.2) is 5.96 Å². The van der Waals surface area contributed by atoms with E-state index in [0.29, 0.717) is 0 Å². The first-order valence-electron chi connectivity index (χ1n) is 9.36. The third kappa shape index (κ3) is 6.11. The van der Waals surface area contributed by atoms with Crippen LogP contribution in [0.15, 0.2) is 4.99 Å². The molecule has 0 bridgehead atoms. The van der Waals surface area contributed by atoms with E-state index in [1.54, 1.807) is 0 Å².